The number of ether oxygens (including phenoxy) is 2. The van der Waals surface area contributed by atoms with Crippen LogP contribution in [0.4, 0.5) is 0 Å². The number of nitrogens with one attached hydrogen (secondary N) is 1. The molecule has 1 fully saturated rings. The minimum atomic E-state index is -3.70. The highest BCUT2D eigenvalue weighted by molar-refractivity contribution is 7.89. The van der Waals surface area contributed by atoms with Gasteiger partial charge in [-0.1, -0.05) is 17.7 Å². The second-order valence-corrected chi connectivity index (χ2v) is 7.10. The maximum atomic E-state index is 12.3. The van der Waals surface area contributed by atoms with Gasteiger partial charge in [-0.15, -0.1) is 0 Å². The van der Waals surface area contributed by atoms with Gasteiger partial charge < -0.3 is 14.6 Å². The monoisotopic (exact) mass is 335 g/mol. The summed E-state index contributed by atoms with van der Waals surface area (Å²) in [4.78, 5) is 0.0508. The van der Waals surface area contributed by atoms with Gasteiger partial charge in [-0.2, -0.15) is 0 Å². The zero-order chi connectivity index (χ0) is 15.5. The van der Waals surface area contributed by atoms with E-state index in [2.05, 4.69) is 4.72 Å². The first kappa shape index (κ1) is 16.7. The fourth-order valence-corrected chi connectivity index (χ4v) is 3.54. The largest absolute Gasteiger partial charge is 0.392 e. The molecule has 6 nitrogen and oxygen atoms in total. The Kier molecular flexibility index (Phi) is 5.24. The average Bonchev–Trinajstić information content (AvgIpc) is 2.95. The molecule has 1 aromatic rings. The van der Waals surface area contributed by atoms with Crippen molar-refractivity contribution in [3.8, 4) is 0 Å². The first-order valence-electron chi connectivity index (χ1n) is 6.44. The van der Waals surface area contributed by atoms with Crippen molar-refractivity contribution >= 4 is 21.6 Å². The van der Waals surface area contributed by atoms with Crippen LogP contribution in [-0.4, -0.2) is 46.0 Å². The molecule has 1 aliphatic heterocycles. The lowest BCUT2D eigenvalue weighted by Crippen LogP contribution is -2.44. The van der Waals surface area contributed by atoms with E-state index in [9.17, 15) is 8.42 Å². The SMILES string of the molecule is COC1(CNS(=O)(=O)c2ccc(CO)c(Cl)c2)CCOC1. The van der Waals surface area contributed by atoms with Gasteiger partial charge in [0, 0.05) is 31.7 Å². The number of rotatable bonds is 6. The highest BCUT2D eigenvalue weighted by atomic mass is 35.5. The predicted octanol–water partition coefficient (Wildman–Crippen LogP) is 0.916. The van der Waals surface area contributed by atoms with Crippen LogP contribution >= 0.6 is 11.6 Å². The summed E-state index contributed by atoms with van der Waals surface area (Å²) in [5.41, 5.74) is -0.143. The summed E-state index contributed by atoms with van der Waals surface area (Å²) in [6.07, 6.45) is 0.635. The predicted molar refractivity (Wildman–Crippen MR) is 77.7 cm³/mol. The minimum Gasteiger partial charge on any atom is -0.392 e. The third kappa shape index (κ3) is 3.74. The molecular weight excluding hydrogens is 318 g/mol. The topological polar surface area (TPSA) is 84.9 Å². The first-order valence-corrected chi connectivity index (χ1v) is 8.30. The molecule has 1 aromatic carbocycles. The highest BCUT2D eigenvalue weighted by Crippen LogP contribution is 2.24. The van der Waals surface area contributed by atoms with Crippen LogP contribution in [0.15, 0.2) is 23.1 Å². The molecule has 1 atom stereocenters. The lowest BCUT2D eigenvalue weighted by Gasteiger charge is -2.25. The van der Waals surface area contributed by atoms with E-state index < -0.39 is 15.6 Å². The van der Waals surface area contributed by atoms with Crippen molar-refractivity contribution in [2.24, 2.45) is 0 Å². The van der Waals surface area contributed by atoms with E-state index >= 15 is 0 Å². The standard InChI is InChI=1S/C13H18ClNO5S/c1-19-13(4-5-20-9-13)8-15-21(17,18)11-3-2-10(7-16)12(14)6-11/h2-3,6,15-16H,4-5,7-9H2,1H3. The summed E-state index contributed by atoms with van der Waals surface area (Å²) in [5.74, 6) is 0. The maximum absolute atomic E-state index is 12.3. The van der Waals surface area contributed by atoms with Crippen LogP contribution in [0.3, 0.4) is 0 Å². The van der Waals surface area contributed by atoms with Crippen molar-refractivity contribution in [1.29, 1.82) is 0 Å². The minimum absolute atomic E-state index is 0.0508. The Labute approximate surface area is 129 Å². The summed E-state index contributed by atoms with van der Waals surface area (Å²) < 4.78 is 37.7. The molecule has 8 heteroatoms. The second-order valence-electron chi connectivity index (χ2n) is 4.93. The molecule has 2 N–H and O–H groups in total. The van der Waals surface area contributed by atoms with E-state index in [1.807, 2.05) is 0 Å². The number of aliphatic hydroxyl groups is 1. The fourth-order valence-electron chi connectivity index (χ4n) is 2.09. The Bertz CT molecular complexity index is 599. The van der Waals surface area contributed by atoms with Crippen LogP contribution in [0, 0.1) is 0 Å². The summed E-state index contributed by atoms with van der Waals surface area (Å²) in [5, 5.41) is 9.26. The van der Waals surface area contributed by atoms with Crippen molar-refractivity contribution in [1.82, 2.24) is 4.72 Å². The molecule has 0 aliphatic carbocycles. The number of aliphatic hydroxyl groups excluding tert-OH is 1. The van der Waals surface area contributed by atoms with Gasteiger partial charge in [-0.3, -0.25) is 0 Å². The molecule has 0 saturated carbocycles. The van der Waals surface area contributed by atoms with Crippen LogP contribution in [0.25, 0.3) is 0 Å². The van der Waals surface area contributed by atoms with E-state index in [4.69, 9.17) is 26.2 Å². The van der Waals surface area contributed by atoms with E-state index in [1.54, 1.807) is 0 Å². The molecule has 0 aromatic heterocycles. The molecule has 1 aliphatic rings. The molecule has 118 valence electrons. The zero-order valence-corrected chi connectivity index (χ0v) is 13.2. The molecule has 0 bridgehead atoms. The second kappa shape index (κ2) is 6.60. The zero-order valence-electron chi connectivity index (χ0n) is 11.6. The first-order chi connectivity index (χ1) is 9.92. The highest BCUT2D eigenvalue weighted by Gasteiger charge is 2.36. The van der Waals surface area contributed by atoms with Gasteiger partial charge in [0.15, 0.2) is 0 Å². The van der Waals surface area contributed by atoms with Crippen LogP contribution in [-0.2, 0) is 26.1 Å². The number of benzene rings is 1. The smallest absolute Gasteiger partial charge is 0.240 e. The lowest BCUT2D eigenvalue weighted by atomic mass is 10.0. The molecule has 2 rings (SSSR count). The summed E-state index contributed by atoms with van der Waals surface area (Å²) in [6, 6.07) is 4.21. The summed E-state index contributed by atoms with van der Waals surface area (Å²) >= 11 is 5.92. The third-order valence-corrected chi connectivity index (χ3v) is 5.34. The lowest BCUT2D eigenvalue weighted by molar-refractivity contribution is -0.0120. The van der Waals surface area contributed by atoms with Crippen LogP contribution < -0.4 is 4.72 Å². The summed E-state index contributed by atoms with van der Waals surface area (Å²) in [7, 11) is -2.16. The van der Waals surface area contributed by atoms with Crippen molar-refractivity contribution in [3.05, 3.63) is 28.8 Å². The van der Waals surface area contributed by atoms with Gasteiger partial charge in [0.2, 0.25) is 10.0 Å². The Balaban J connectivity index is 2.13. The number of hydrogen-bond donors (Lipinski definition) is 2. The molecule has 21 heavy (non-hydrogen) atoms. The Morgan fingerprint density at radius 2 is 2.29 bits per heavy atom. The molecule has 0 amide bonds. The molecule has 0 radical (unpaired) electrons. The van der Waals surface area contributed by atoms with Gasteiger partial charge >= 0.3 is 0 Å². The number of sulfonamides is 1. The van der Waals surface area contributed by atoms with Crippen LogP contribution in [0.5, 0.6) is 0 Å². The molecule has 0 spiro atoms. The Morgan fingerprint density at radius 1 is 1.52 bits per heavy atom. The van der Waals surface area contributed by atoms with Crippen molar-refractivity contribution in [2.75, 3.05) is 26.9 Å². The van der Waals surface area contributed by atoms with Crippen LogP contribution in [0.1, 0.15) is 12.0 Å². The number of halogens is 1. The van der Waals surface area contributed by atoms with Crippen molar-refractivity contribution in [2.45, 2.75) is 23.5 Å². The summed E-state index contributed by atoms with van der Waals surface area (Å²) in [6.45, 7) is 0.796. The number of methoxy groups -OCH3 is 1. The van der Waals surface area contributed by atoms with Gasteiger partial charge in [-0.05, 0) is 17.7 Å². The maximum Gasteiger partial charge on any atom is 0.240 e. The van der Waals surface area contributed by atoms with Gasteiger partial charge in [0.1, 0.15) is 5.60 Å². The quantitative estimate of drug-likeness (QED) is 0.807. The van der Waals surface area contributed by atoms with Crippen molar-refractivity contribution in [3.63, 3.8) is 0 Å². The van der Waals surface area contributed by atoms with Gasteiger partial charge in [-0.25, -0.2) is 13.1 Å². The van der Waals surface area contributed by atoms with E-state index in [-0.39, 0.29) is 23.1 Å². The van der Waals surface area contributed by atoms with Gasteiger partial charge in [0.05, 0.1) is 18.1 Å². The van der Waals surface area contributed by atoms with Crippen LogP contribution in [0.2, 0.25) is 5.02 Å². The fraction of sp³-hybridized carbons (Fsp3) is 0.538. The van der Waals surface area contributed by atoms with E-state index in [1.165, 1.54) is 25.3 Å². The molecular formula is C13H18ClNO5S. The Morgan fingerprint density at radius 3 is 2.81 bits per heavy atom. The Hall–Kier alpha value is -0.700. The third-order valence-electron chi connectivity index (χ3n) is 3.59. The molecule has 1 saturated heterocycles. The van der Waals surface area contributed by atoms with E-state index in [0.29, 0.717) is 25.2 Å². The van der Waals surface area contributed by atoms with E-state index in [0.717, 1.165) is 0 Å². The van der Waals surface area contributed by atoms with Crippen molar-refractivity contribution < 1.29 is 23.0 Å². The molecule has 1 unspecified atom stereocenters. The molecule has 1 heterocycles. The normalized spacial score (nSPS) is 22.6. The van der Waals surface area contributed by atoms with Gasteiger partial charge in [0.25, 0.3) is 0 Å². The number of hydrogen-bond acceptors (Lipinski definition) is 5. The average molecular weight is 336 g/mol.